The van der Waals surface area contributed by atoms with Crippen molar-refractivity contribution in [2.24, 2.45) is 0 Å². The fourth-order valence-electron chi connectivity index (χ4n) is 3.93. The summed E-state index contributed by atoms with van der Waals surface area (Å²) in [4.78, 5) is 16.3. The van der Waals surface area contributed by atoms with Crippen LogP contribution in [0.15, 0.2) is 41.3 Å². The minimum Gasteiger partial charge on any atom is -0.493 e. The van der Waals surface area contributed by atoms with E-state index in [0.29, 0.717) is 23.7 Å². The van der Waals surface area contributed by atoms with Gasteiger partial charge in [0.05, 0.1) is 17.0 Å². The molecular weight excluding hydrogens is 442 g/mol. The van der Waals surface area contributed by atoms with Crippen LogP contribution in [0.1, 0.15) is 50.7 Å². The van der Waals surface area contributed by atoms with E-state index in [4.69, 9.17) is 9.47 Å². The van der Waals surface area contributed by atoms with Gasteiger partial charge in [0.2, 0.25) is 10.0 Å². The van der Waals surface area contributed by atoms with E-state index in [1.807, 2.05) is 19.9 Å². The number of benzene rings is 2. The summed E-state index contributed by atoms with van der Waals surface area (Å²) in [6.45, 7) is 9.71. The molecule has 3 N–H and O–H groups in total. The number of fused-ring (bicyclic) bond motifs is 3. The smallest absolute Gasteiger partial charge is 0.272 e. The Balaban J connectivity index is 1.64. The number of ether oxygens (including phenoxy) is 2. The average molecular weight is 472 g/mol. The molecule has 0 aliphatic carbocycles. The van der Waals surface area contributed by atoms with Crippen molar-refractivity contribution in [2.75, 3.05) is 11.9 Å². The molecule has 3 aromatic rings. The lowest BCUT2D eigenvalue weighted by atomic mass is 10.1. The van der Waals surface area contributed by atoms with E-state index in [2.05, 4.69) is 15.0 Å². The fourth-order valence-corrected chi connectivity index (χ4v) is 5.39. The van der Waals surface area contributed by atoms with Crippen molar-refractivity contribution in [1.29, 1.82) is 0 Å². The van der Waals surface area contributed by atoms with Gasteiger partial charge in [0.1, 0.15) is 23.3 Å². The molecule has 33 heavy (non-hydrogen) atoms. The highest BCUT2D eigenvalue weighted by Gasteiger charge is 2.26. The number of hydrogen-bond donors (Lipinski definition) is 3. The van der Waals surface area contributed by atoms with Gasteiger partial charge in [-0.25, -0.2) is 13.1 Å². The minimum absolute atomic E-state index is 0.0482. The Hall–Kier alpha value is -3.04. The Bertz CT molecular complexity index is 1320. The van der Waals surface area contributed by atoms with Gasteiger partial charge in [0.25, 0.3) is 5.91 Å². The molecule has 1 amide bonds. The summed E-state index contributed by atoms with van der Waals surface area (Å²) in [5, 5.41) is 3.54. The third kappa shape index (κ3) is 4.84. The number of nitrogens with one attached hydrogen (secondary N) is 3. The Kier molecular flexibility index (Phi) is 5.88. The molecule has 8 nitrogen and oxygen atoms in total. The second-order valence-corrected chi connectivity index (χ2v) is 10.9. The summed E-state index contributed by atoms with van der Waals surface area (Å²) >= 11 is 0. The summed E-state index contributed by atoms with van der Waals surface area (Å²) in [5.41, 5.74) is 1.83. The zero-order valence-corrected chi connectivity index (χ0v) is 20.2. The lowest BCUT2D eigenvalue weighted by molar-refractivity contribution is 0.102. The average Bonchev–Trinajstić information content (AvgIpc) is 3.30. The molecule has 1 atom stereocenters. The molecule has 2 aromatic carbocycles. The maximum Gasteiger partial charge on any atom is 0.272 e. The lowest BCUT2D eigenvalue weighted by Gasteiger charge is -2.20. The molecule has 0 spiro atoms. The summed E-state index contributed by atoms with van der Waals surface area (Å²) in [6.07, 6.45) is 0.822. The highest BCUT2D eigenvalue weighted by atomic mass is 32.2. The zero-order valence-electron chi connectivity index (χ0n) is 19.4. The number of aromatic amines is 1. The van der Waals surface area contributed by atoms with Crippen LogP contribution >= 0.6 is 0 Å². The van der Waals surface area contributed by atoms with Crippen LogP contribution in [0.3, 0.4) is 0 Å². The van der Waals surface area contributed by atoms with E-state index in [1.165, 1.54) is 12.1 Å². The number of anilines is 1. The van der Waals surface area contributed by atoms with Crippen LogP contribution < -0.4 is 19.5 Å². The number of sulfonamides is 1. The number of H-pyrrole nitrogens is 1. The van der Waals surface area contributed by atoms with E-state index >= 15 is 0 Å². The monoisotopic (exact) mass is 471 g/mol. The topological polar surface area (TPSA) is 110 Å². The molecule has 0 saturated carbocycles. The van der Waals surface area contributed by atoms with E-state index in [1.54, 1.807) is 39.0 Å². The van der Waals surface area contributed by atoms with Gasteiger partial charge in [-0.15, -0.1) is 0 Å². The summed E-state index contributed by atoms with van der Waals surface area (Å²) in [6, 6.07) is 9.85. The second kappa shape index (κ2) is 8.39. The lowest BCUT2D eigenvalue weighted by Crippen LogP contribution is -2.40. The van der Waals surface area contributed by atoms with Crippen LogP contribution in [0, 0.1) is 0 Å². The number of rotatable bonds is 6. The quantitative estimate of drug-likeness (QED) is 0.499. The predicted octanol–water partition coefficient (Wildman–Crippen LogP) is 4.22. The third-order valence-electron chi connectivity index (χ3n) is 5.12. The summed E-state index contributed by atoms with van der Waals surface area (Å²) in [5.74, 6) is 1.04. The first-order valence-electron chi connectivity index (χ1n) is 10.9. The van der Waals surface area contributed by atoms with E-state index < -0.39 is 21.5 Å². The molecule has 1 aliphatic rings. The first-order chi connectivity index (χ1) is 15.5. The maximum atomic E-state index is 13.0. The highest BCUT2D eigenvalue weighted by Crippen LogP contribution is 2.41. The van der Waals surface area contributed by atoms with Crippen molar-refractivity contribution < 1.29 is 22.7 Å². The summed E-state index contributed by atoms with van der Waals surface area (Å²) in [7, 11) is -3.73. The predicted molar refractivity (Wildman–Crippen MR) is 128 cm³/mol. The Labute approximate surface area is 193 Å². The van der Waals surface area contributed by atoms with E-state index in [9.17, 15) is 13.2 Å². The largest absolute Gasteiger partial charge is 0.493 e. The highest BCUT2D eigenvalue weighted by molar-refractivity contribution is 7.89. The molecule has 2 heterocycles. The maximum absolute atomic E-state index is 13.0. The molecular formula is C24H29N3O5S. The molecule has 0 saturated heterocycles. The van der Waals surface area contributed by atoms with Crippen molar-refractivity contribution in [3.63, 3.8) is 0 Å². The van der Waals surface area contributed by atoms with Crippen LogP contribution in [0.2, 0.25) is 0 Å². The van der Waals surface area contributed by atoms with E-state index in [0.717, 1.165) is 28.6 Å². The number of carbonyl (C=O) groups is 1. The molecule has 1 aromatic heterocycles. The second-order valence-electron chi connectivity index (χ2n) is 9.24. The number of amides is 1. The molecule has 176 valence electrons. The van der Waals surface area contributed by atoms with Gasteiger partial charge in [-0.05, 0) is 65.0 Å². The van der Waals surface area contributed by atoms with Crippen molar-refractivity contribution >= 4 is 32.5 Å². The van der Waals surface area contributed by atoms with Gasteiger partial charge >= 0.3 is 0 Å². The Morgan fingerprint density at radius 3 is 2.70 bits per heavy atom. The van der Waals surface area contributed by atoms with Gasteiger partial charge < -0.3 is 19.8 Å². The van der Waals surface area contributed by atoms with Gasteiger partial charge in [-0.2, -0.15) is 0 Å². The van der Waals surface area contributed by atoms with Crippen LogP contribution in [0.25, 0.3) is 10.9 Å². The molecule has 4 rings (SSSR count). The zero-order chi connectivity index (χ0) is 24.0. The SMILES string of the molecule is CCOc1cc2c(c3[nH]c(C(=O)Nc4cccc(S(=O)(=O)NC(C)(C)C)c4)cc13)O[C@H](C)C2. The third-order valence-corrected chi connectivity index (χ3v) is 6.88. The van der Waals surface area contributed by atoms with Gasteiger partial charge in [-0.1, -0.05) is 6.07 Å². The number of aromatic nitrogens is 1. The van der Waals surface area contributed by atoms with Crippen molar-refractivity contribution in [3.8, 4) is 11.5 Å². The van der Waals surface area contributed by atoms with Crippen molar-refractivity contribution in [2.45, 2.75) is 57.6 Å². The van der Waals surface area contributed by atoms with Crippen LogP contribution in [-0.2, 0) is 16.4 Å². The fraction of sp³-hybridized carbons (Fsp3) is 0.375. The summed E-state index contributed by atoms with van der Waals surface area (Å²) < 4.78 is 39.7. The van der Waals surface area contributed by atoms with Gasteiger partial charge in [0, 0.05) is 28.6 Å². The van der Waals surface area contributed by atoms with Gasteiger partial charge in [0.15, 0.2) is 0 Å². The molecule has 1 aliphatic heterocycles. The van der Waals surface area contributed by atoms with E-state index in [-0.39, 0.29) is 11.0 Å². The minimum atomic E-state index is -3.73. The van der Waals surface area contributed by atoms with Gasteiger partial charge in [-0.3, -0.25) is 4.79 Å². The van der Waals surface area contributed by atoms with Crippen molar-refractivity contribution in [3.05, 3.63) is 47.7 Å². The van der Waals surface area contributed by atoms with Crippen LogP contribution in [0.4, 0.5) is 5.69 Å². The number of hydrogen-bond acceptors (Lipinski definition) is 5. The van der Waals surface area contributed by atoms with Crippen LogP contribution in [-0.4, -0.2) is 37.6 Å². The molecule has 0 fully saturated rings. The molecule has 0 unspecified atom stereocenters. The van der Waals surface area contributed by atoms with Crippen LogP contribution in [0.5, 0.6) is 11.5 Å². The molecule has 0 radical (unpaired) electrons. The first-order valence-corrected chi connectivity index (χ1v) is 12.4. The normalized spacial score (nSPS) is 15.8. The Morgan fingerprint density at radius 1 is 1.24 bits per heavy atom. The Morgan fingerprint density at radius 2 is 2.00 bits per heavy atom. The number of carbonyl (C=O) groups excluding carboxylic acids is 1. The molecule has 0 bridgehead atoms. The standard InChI is InChI=1S/C24H29N3O5S/c1-6-31-20-11-15-10-14(2)32-22(15)21-18(20)13-19(26-21)23(28)25-16-8-7-9-17(12-16)33(29,30)27-24(3,4)5/h7-9,11-14,26-27H,6,10H2,1-5H3,(H,25,28)/t14-/m1/s1. The first kappa shape index (κ1) is 23.1. The van der Waals surface area contributed by atoms with Crippen molar-refractivity contribution in [1.82, 2.24) is 9.71 Å². The molecule has 9 heteroatoms.